The van der Waals surface area contributed by atoms with E-state index < -0.39 is 4.92 Å². The van der Waals surface area contributed by atoms with Crippen LogP contribution in [-0.4, -0.2) is 25.1 Å². The second-order valence-corrected chi connectivity index (χ2v) is 5.20. The van der Waals surface area contributed by atoms with Crippen molar-refractivity contribution in [2.24, 2.45) is 0 Å². The van der Waals surface area contributed by atoms with Crippen LogP contribution < -0.4 is 14.8 Å². The molecule has 0 saturated carbocycles. The van der Waals surface area contributed by atoms with Gasteiger partial charge in [0.2, 0.25) is 0 Å². The molecule has 1 N–H and O–H groups in total. The molecule has 0 bridgehead atoms. The van der Waals surface area contributed by atoms with Gasteiger partial charge in [-0.15, -0.1) is 0 Å². The SMILES string of the molecule is COc1ccc(/C=C(\C)C(=O)Nc2cccc([N+](=O)[O-])c2)cc1OC. The predicted molar refractivity (Wildman–Crippen MR) is 94.9 cm³/mol. The number of nitro benzene ring substituents is 1. The van der Waals surface area contributed by atoms with Gasteiger partial charge in [-0.3, -0.25) is 14.9 Å². The Morgan fingerprint density at radius 2 is 1.84 bits per heavy atom. The Kier molecular flexibility index (Phi) is 5.73. The lowest BCUT2D eigenvalue weighted by molar-refractivity contribution is -0.384. The Morgan fingerprint density at radius 3 is 2.48 bits per heavy atom. The van der Waals surface area contributed by atoms with Gasteiger partial charge in [0.05, 0.1) is 19.1 Å². The van der Waals surface area contributed by atoms with E-state index in [1.54, 1.807) is 44.4 Å². The molecular formula is C18H18N2O5. The first kappa shape index (κ1) is 18.0. The lowest BCUT2D eigenvalue weighted by Gasteiger charge is -2.09. The Bertz CT molecular complexity index is 830. The van der Waals surface area contributed by atoms with E-state index in [9.17, 15) is 14.9 Å². The van der Waals surface area contributed by atoms with E-state index in [0.29, 0.717) is 22.8 Å². The third kappa shape index (κ3) is 4.57. The van der Waals surface area contributed by atoms with Crippen LogP contribution in [0.15, 0.2) is 48.0 Å². The average Bonchev–Trinajstić information content (AvgIpc) is 2.61. The number of benzene rings is 2. The van der Waals surface area contributed by atoms with Gasteiger partial charge in [0.25, 0.3) is 11.6 Å². The molecule has 2 aromatic carbocycles. The number of hydrogen-bond donors (Lipinski definition) is 1. The van der Waals surface area contributed by atoms with Crippen molar-refractivity contribution in [3.63, 3.8) is 0 Å². The maximum atomic E-state index is 12.3. The van der Waals surface area contributed by atoms with Crippen LogP contribution in [0.4, 0.5) is 11.4 Å². The van der Waals surface area contributed by atoms with Gasteiger partial charge in [-0.05, 0) is 36.8 Å². The highest BCUT2D eigenvalue weighted by atomic mass is 16.6. The normalized spacial score (nSPS) is 10.9. The predicted octanol–water partition coefficient (Wildman–Crippen LogP) is 3.65. The number of rotatable bonds is 6. The van der Waals surface area contributed by atoms with Crippen LogP contribution in [0.2, 0.25) is 0 Å². The molecule has 0 radical (unpaired) electrons. The molecule has 130 valence electrons. The molecule has 1 amide bonds. The number of nitro groups is 1. The van der Waals surface area contributed by atoms with Crippen LogP contribution in [0.5, 0.6) is 11.5 Å². The van der Waals surface area contributed by atoms with Gasteiger partial charge in [-0.25, -0.2) is 0 Å². The summed E-state index contributed by atoms with van der Waals surface area (Å²) < 4.78 is 10.4. The number of anilines is 1. The van der Waals surface area contributed by atoms with Gasteiger partial charge in [0.1, 0.15) is 0 Å². The maximum Gasteiger partial charge on any atom is 0.271 e. The van der Waals surface area contributed by atoms with E-state index in [2.05, 4.69) is 5.32 Å². The number of carbonyl (C=O) groups is 1. The van der Waals surface area contributed by atoms with E-state index in [4.69, 9.17) is 9.47 Å². The van der Waals surface area contributed by atoms with Crippen LogP contribution >= 0.6 is 0 Å². The second kappa shape index (κ2) is 7.96. The van der Waals surface area contributed by atoms with Crippen LogP contribution in [0, 0.1) is 10.1 Å². The Hall–Kier alpha value is -3.35. The molecule has 0 heterocycles. The summed E-state index contributed by atoms with van der Waals surface area (Å²) in [4.78, 5) is 22.5. The van der Waals surface area contributed by atoms with E-state index in [-0.39, 0.29) is 11.6 Å². The molecular weight excluding hydrogens is 324 g/mol. The lowest BCUT2D eigenvalue weighted by atomic mass is 10.1. The third-order valence-corrected chi connectivity index (χ3v) is 3.46. The zero-order chi connectivity index (χ0) is 18.4. The first-order chi connectivity index (χ1) is 11.9. The molecule has 0 aliphatic rings. The van der Waals surface area contributed by atoms with E-state index in [0.717, 1.165) is 5.56 Å². The fourth-order valence-electron chi connectivity index (χ4n) is 2.19. The average molecular weight is 342 g/mol. The summed E-state index contributed by atoms with van der Waals surface area (Å²) in [6.07, 6.45) is 1.69. The lowest BCUT2D eigenvalue weighted by Crippen LogP contribution is -2.12. The minimum Gasteiger partial charge on any atom is -0.493 e. The highest BCUT2D eigenvalue weighted by Gasteiger charge is 2.10. The van der Waals surface area contributed by atoms with Gasteiger partial charge < -0.3 is 14.8 Å². The van der Waals surface area contributed by atoms with Crippen molar-refractivity contribution >= 4 is 23.4 Å². The zero-order valence-corrected chi connectivity index (χ0v) is 14.1. The molecule has 0 spiro atoms. The van der Waals surface area contributed by atoms with Gasteiger partial charge in [0.15, 0.2) is 11.5 Å². The summed E-state index contributed by atoms with van der Waals surface area (Å²) in [5, 5.41) is 13.4. The number of amides is 1. The monoisotopic (exact) mass is 342 g/mol. The van der Waals surface area contributed by atoms with Crippen molar-refractivity contribution in [3.8, 4) is 11.5 Å². The van der Waals surface area contributed by atoms with Gasteiger partial charge >= 0.3 is 0 Å². The van der Waals surface area contributed by atoms with Gasteiger partial charge in [0, 0.05) is 23.4 Å². The van der Waals surface area contributed by atoms with Crippen molar-refractivity contribution in [1.82, 2.24) is 0 Å². The molecule has 0 aromatic heterocycles. The molecule has 2 aromatic rings. The number of nitrogens with zero attached hydrogens (tertiary/aromatic N) is 1. The van der Waals surface area contributed by atoms with E-state index in [1.807, 2.05) is 0 Å². The van der Waals surface area contributed by atoms with Crippen molar-refractivity contribution in [2.75, 3.05) is 19.5 Å². The minimum absolute atomic E-state index is 0.0840. The molecule has 0 aliphatic carbocycles. The number of methoxy groups -OCH3 is 2. The molecule has 2 rings (SSSR count). The van der Waals surface area contributed by atoms with Gasteiger partial charge in [-0.1, -0.05) is 12.1 Å². The summed E-state index contributed by atoms with van der Waals surface area (Å²) in [5.74, 6) is 0.803. The van der Waals surface area contributed by atoms with Crippen molar-refractivity contribution in [3.05, 3.63) is 63.7 Å². The molecule has 0 atom stereocenters. The fourth-order valence-corrected chi connectivity index (χ4v) is 2.19. The molecule has 0 saturated heterocycles. The maximum absolute atomic E-state index is 12.3. The number of nitrogens with one attached hydrogen (secondary N) is 1. The number of carbonyl (C=O) groups excluding carboxylic acids is 1. The van der Waals surface area contributed by atoms with E-state index >= 15 is 0 Å². The summed E-state index contributed by atoms with van der Waals surface area (Å²) in [6.45, 7) is 1.66. The molecule has 0 aliphatic heterocycles. The summed E-state index contributed by atoms with van der Waals surface area (Å²) in [7, 11) is 3.08. The van der Waals surface area contributed by atoms with Crippen LogP contribution in [0.3, 0.4) is 0 Å². The van der Waals surface area contributed by atoms with Crippen LogP contribution in [-0.2, 0) is 4.79 Å². The van der Waals surface area contributed by atoms with Crippen LogP contribution in [0.25, 0.3) is 6.08 Å². The number of non-ortho nitro benzene ring substituents is 1. The van der Waals surface area contributed by atoms with Gasteiger partial charge in [-0.2, -0.15) is 0 Å². The molecule has 0 unspecified atom stereocenters. The second-order valence-electron chi connectivity index (χ2n) is 5.20. The molecule has 25 heavy (non-hydrogen) atoms. The highest BCUT2D eigenvalue weighted by molar-refractivity contribution is 6.06. The van der Waals surface area contributed by atoms with Crippen molar-refractivity contribution in [1.29, 1.82) is 0 Å². The Balaban J connectivity index is 2.18. The highest BCUT2D eigenvalue weighted by Crippen LogP contribution is 2.28. The Morgan fingerprint density at radius 1 is 1.12 bits per heavy atom. The topological polar surface area (TPSA) is 90.7 Å². The minimum atomic E-state index is -0.512. The summed E-state index contributed by atoms with van der Waals surface area (Å²) in [5.41, 5.74) is 1.49. The van der Waals surface area contributed by atoms with E-state index in [1.165, 1.54) is 25.3 Å². The zero-order valence-electron chi connectivity index (χ0n) is 14.1. The fraction of sp³-hybridized carbons (Fsp3) is 0.167. The third-order valence-electron chi connectivity index (χ3n) is 3.46. The molecule has 7 heteroatoms. The first-order valence-corrected chi connectivity index (χ1v) is 7.40. The number of ether oxygens (including phenoxy) is 2. The standard InChI is InChI=1S/C18H18N2O5/c1-12(9-13-7-8-16(24-2)17(10-13)25-3)18(21)19-14-5-4-6-15(11-14)20(22)23/h4-11H,1-3H3,(H,19,21)/b12-9+. The molecule has 7 nitrogen and oxygen atoms in total. The summed E-state index contributed by atoms with van der Waals surface area (Å²) >= 11 is 0. The molecule has 0 fully saturated rings. The van der Waals surface area contributed by atoms with Crippen molar-refractivity contribution < 1.29 is 19.2 Å². The van der Waals surface area contributed by atoms with Crippen LogP contribution in [0.1, 0.15) is 12.5 Å². The summed E-state index contributed by atoms with van der Waals surface area (Å²) in [6, 6.07) is 11.1. The number of hydrogen-bond acceptors (Lipinski definition) is 5. The first-order valence-electron chi connectivity index (χ1n) is 7.40. The smallest absolute Gasteiger partial charge is 0.271 e. The Labute approximate surface area is 145 Å². The largest absolute Gasteiger partial charge is 0.493 e. The quantitative estimate of drug-likeness (QED) is 0.491. The van der Waals surface area contributed by atoms with Crippen molar-refractivity contribution in [2.45, 2.75) is 6.92 Å².